The zero-order valence-corrected chi connectivity index (χ0v) is 12.1. The molecule has 1 aliphatic rings. The van der Waals surface area contributed by atoms with Crippen LogP contribution >= 0.6 is 11.3 Å². The Kier molecular flexibility index (Phi) is 5.30. The van der Waals surface area contributed by atoms with Gasteiger partial charge in [-0.3, -0.25) is 4.79 Å². The van der Waals surface area contributed by atoms with Crippen molar-refractivity contribution in [3.05, 3.63) is 16.1 Å². The van der Waals surface area contributed by atoms with Gasteiger partial charge in [0.1, 0.15) is 5.69 Å². The normalized spacial score (nSPS) is 19.7. The molecule has 106 valence electrons. The molecule has 1 fully saturated rings. The van der Waals surface area contributed by atoms with Gasteiger partial charge in [0.15, 0.2) is 0 Å². The van der Waals surface area contributed by atoms with Crippen LogP contribution in [0.5, 0.6) is 0 Å². The Morgan fingerprint density at radius 2 is 2.53 bits per heavy atom. The van der Waals surface area contributed by atoms with Gasteiger partial charge in [-0.05, 0) is 25.3 Å². The number of amides is 1. The van der Waals surface area contributed by atoms with E-state index in [-0.39, 0.29) is 5.91 Å². The second-order valence-corrected chi connectivity index (χ2v) is 5.82. The van der Waals surface area contributed by atoms with Crippen LogP contribution in [-0.2, 0) is 11.2 Å². The lowest BCUT2D eigenvalue weighted by Crippen LogP contribution is -2.41. The SMILES string of the molecule is COCC1CCCN(C(=O)c2csc(CCN)n2)C1. The second-order valence-electron chi connectivity index (χ2n) is 4.88. The van der Waals surface area contributed by atoms with Crippen LogP contribution in [0.3, 0.4) is 0 Å². The van der Waals surface area contributed by atoms with Gasteiger partial charge in [0.25, 0.3) is 5.91 Å². The van der Waals surface area contributed by atoms with Crippen molar-refractivity contribution in [1.82, 2.24) is 9.88 Å². The van der Waals surface area contributed by atoms with Crippen molar-refractivity contribution in [3.63, 3.8) is 0 Å². The molecule has 2 N–H and O–H groups in total. The Balaban J connectivity index is 1.97. The Morgan fingerprint density at radius 3 is 3.26 bits per heavy atom. The first-order valence-electron chi connectivity index (χ1n) is 6.67. The summed E-state index contributed by atoms with van der Waals surface area (Å²) in [7, 11) is 1.71. The van der Waals surface area contributed by atoms with Gasteiger partial charge in [-0.25, -0.2) is 4.98 Å². The van der Waals surface area contributed by atoms with Gasteiger partial charge in [-0.1, -0.05) is 0 Å². The fourth-order valence-electron chi connectivity index (χ4n) is 2.43. The average molecular weight is 283 g/mol. The number of piperidine rings is 1. The molecule has 0 bridgehead atoms. The number of carbonyl (C=O) groups excluding carboxylic acids is 1. The third-order valence-corrected chi connectivity index (χ3v) is 4.25. The van der Waals surface area contributed by atoms with E-state index >= 15 is 0 Å². The Morgan fingerprint density at radius 1 is 1.68 bits per heavy atom. The molecule has 1 aromatic heterocycles. The molecule has 5 nitrogen and oxygen atoms in total. The molecule has 1 unspecified atom stereocenters. The molecule has 1 aromatic rings. The monoisotopic (exact) mass is 283 g/mol. The van der Waals surface area contributed by atoms with E-state index in [2.05, 4.69) is 4.98 Å². The van der Waals surface area contributed by atoms with E-state index in [9.17, 15) is 4.79 Å². The van der Waals surface area contributed by atoms with Gasteiger partial charge in [0.2, 0.25) is 0 Å². The maximum atomic E-state index is 12.4. The molecule has 0 spiro atoms. The number of thiazole rings is 1. The molecule has 1 amide bonds. The number of hydrogen-bond acceptors (Lipinski definition) is 5. The number of ether oxygens (including phenoxy) is 1. The summed E-state index contributed by atoms with van der Waals surface area (Å²) < 4.78 is 5.19. The summed E-state index contributed by atoms with van der Waals surface area (Å²) in [4.78, 5) is 18.6. The fraction of sp³-hybridized carbons (Fsp3) is 0.692. The lowest BCUT2D eigenvalue weighted by Gasteiger charge is -2.31. The van der Waals surface area contributed by atoms with E-state index in [0.29, 0.717) is 18.2 Å². The molecule has 2 heterocycles. The van der Waals surface area contributed by atoms with Crippen molar-refractivity contribution in [1.29, 1.82) is 0 Å². The molecule has 0 aliphatic carbocycles. The van der Waals surface area contributed by atoms with Gasteiger partial charge in [0.05, 0.1) is 11.6 Å². The number of nitrogens with two attached hydrogens (primary N) is 1. The van der Waals surface area contributed by atoms with E-state index in [1.165, 1.54) is 11.3 Å². The molecule has 0 radical (unpaired) electrons. The molecule has 1 saturated heterocycles. The molecule has 1 aliphatic heterocycles. The fourth-order valence-corrected chi connectivity index (χ4v) is 3.22. The summed E-state index contributed by atoms with van der Waals surface area (Å²) in [5, 5.41) is 2.78. The van der Waals surface area contributed by atoms with Crippen molar-refractivity contribution in [3.8, 4) is 0 Å². The highest BCUT2D eigenvalue weighted by atomic mass is 32.1. The zero-order chi connectivity index (χ0) is 13.7. The predicted molar refractivity (Wildman–Crippen MR) is 75.4 cm³/mol. The number of aromatic nitrogens is 1. The van der Waals surface area contributed by atoms with Crippen LogP contribution in [0.15, 0.2) is 5.38 Å². The maximum Gasteiger partial charge on any atom is 0.273 e. The summed E-state index contributed by atoms with van der Waals surface area (Å²) >= 11 is 1.51. The Labute approximate surface area is 117 Å². The van der Waals surface area contributed by atoms with Crippen LogP contribution < -0.4 is 5.73 Å². The highest BCUT2D eigenvalue weighted by Gasteiger charge is 2.25. The number of carbonyl (C=O) groups is 1. The second kappa shape index (κ2) is 6.98. The summed E-state index contributed by atoms with van der Waals surface area (Å²) in [6.07, 6.45) is 2.91. The van der Waals surface area contributed by atoms with Gasteiger partial charge in [-0.15, -0.1) is 11.3 Å². The van der Waals surface area contributed by atoms with Gasteiger partial charge >= 0.3 is 0 Å². The molecule has 0 aromatic carbocycles. The van der Waals surface area contributed by atoms with Crippen LogP contribution in [-0.4, -0.2) is 49.1 Å². The average Bonchev–Trinajstić information content (AvgIpc) is 2.88. The molecule has 19 heavy (non-hydrogen) atoms. The Hall–Kier alpha value is -0.980. The first-order valence-corrected chi connectivity index (χ1v) is 7.55. The smallest absolute Gasteiger partial charge is 0.273 e. The lowest BCUT2D eigenvalue weighted by molar-refractivity contribution is 0.0566. The van der Waals surface area contributed by atoms with Gasteiger partial charge < -0.3 is 15.4 Å². The maximum absolute atomic E-state index is 12.4. The largest absolute Gasteiger partial charge is 0.384 e. The van der Waals surface area contributed by atoms with Crippen molar-refractivity contribution in [2.45, 2.75) is 19.3 Å². The van der Waals surface area contributed by atoms with Crippen LogP contribution in [0.25, 0.3) is 0 Å². The van der Waals surface area contributed by atoms with E-state index in [1.54, 1.807) is 7.11 Å². The molecular weight excluding hydrogens is 262 g/mol. The van der Waals surface area contributed by atoms with Gasteiger partial charge in [-0.2, -0.15) is 0 Å². The predicted octanol–water partition coefficient (Wildman–Crippen LogP) is 1.14. The van der Waals surface area contributed by atoms with E-state index in [4.69, 9.17) is 10.5 Å². The van der Waals surface area contributed by atoms with Gasteiger partial charge in [0, 0.05) is 32.0 Å². The highest BCUT2D eigenvalue weighted by molar-refractivity contribution is 7.09. The molecule has 0 saturated carbocycles. The number of hydrogen-bond donors (Lipinski definition) is 1. The molecular formula is C13H21N3O2S. The summed E-state index contributed by atoms with van der Waals surface area (Å²) in [6, 6.07) is 0. The minimum absolute atomic E-state index is 0.0420. The van der Waals surface area contributed by atoms with Crippen molar-refractivity contribution < 1.29 is 9.53 Å². The summed E-state index contributed by atoms with van der Waals surface area (Å²) in [5.74, 6) is 0.491. The molecule has 1 atom stereocenters. The van der Waals surface area contributed by atoms with Crippen LogP contribution in [0.2, 0.25) is 0 Å². The molecule has 2 rings (SSSR count). The van der Waals surface area contributed by atoms with Crippen LogP contribution in [0, 0.1) is 5.92 Å². The molecule has 6 heteroatoms. The van der Waals surface area contributed by atoms with Crippen LogP contribution in [0.4, 0.5) is 0 Å². The number of likely N-dealkylation sites (tertiary alicyclic amines) is 1. The van der Waals surface area contributed by atoms with E-state index < -0.39 is 0 Å². The standard InChI is InChI=1S/C13H21N3O2S/c1-18-8-10-3-2-6-16(7-10)13(17)11-9-19-12(15-11)4-5-14/h9-10H,2-8,14H2,1H3. The topological polar surface area (TPSA) is 68.5 Å². The Bertz CT molecular complexity index is 420. The number of rotatable bonds is 5. The quantitative estimate of drug-likeness (QED) is 0.880. The first kappa shape index (κ1) is 14.4. The van der Waals surface area contributed by atoms with Crippen molar-refractivity contribution in [2.75, 3.05) is 33.4 Å². The highest BCUT2D eigenvalue weighted by Crippen LogP contribution is 2.19. The summed E-state index contributed by atoms with van der Waals surface area (Å²) in [5.41, 5.74) is 6.06. The van der Waals surface area contributed by atoms with Crippen molar-refractivity contribution >= 4 is 17.2 Å². The first-order chi connectivity index (χ1) is 9.24. The van der Waals surface area contributed by atoms with Crippen LogP contribution in [0.1, 0.15) is 28.3 Å². The third kappa shape index (κ3) is 3.75. The lowest BCUT2D eigenvalue weighted by atomic mass is 9.99. The third-order valence-electron chi connectivity index (χ3n) is 3.34. The zero-order valence-electron chi connectivity index (χ0n) is 11.3. The summed E-state index contributed by atoms with van der Waals surface area (Å²) in [6.45, 7) is 2.89. The van der Waals surface area contributed by atoms with E-state index in [0.717, 1.165) is 44.0 Å². The van der Waals surface area contributed by atoms with E-state index in [1.807, 2.05) is 10.3 Å². The minimum atomic E-state index is 0.0420. The number of nitrogens with zero attached hydrogens (tertiary/aromatic N) is 2. The number of methoxy groups -OCH3 is 1. The minimum Gasteiger partial charge on any atom is -0.384 e. The van der Waals surface area contributed by atoms with Crippen molar-refractivity contribution in [2.24, 2.45) is 11.7 Å².